The molecule has 0 amide bonds. The maximum Gasteiger partial charge on any atom is 0.377 e. The van der Waals surface area contributed by atoms with Crippen molar-refractivity contribution < 1.29 is 28.6 Å². The molecule has 0 radical (unpaired) electrons. The van der Waals surface area contributed by atoms with Crippen molar-refractivity contribution in [3.05, 3.63) is 23.5 Å². The monoisotopic (exact) mass is 242 g/mol. The van der Waals surface area contributed by atoms with Gasteiger partial charge in [-0.05, 0) is 13.0 Å². The smallest absolute Gasteiger partial charge is 0.377 e. The van der Waals surface area contributed by atoms with Crippen LogP contribution in [0.5, 0.6) is 11.5 Å². The Bertz CT molecular complexity index is 455. The minimum absolute atomic E-state index is 0.152. The van der Waals surface area contributed by atoms with Crippen LogP contribution >= 0.6 is 0 Å². The third-order valence-electron chi connectivity index (χ3n) is 1.99. The molecule has 1 aromatic carbocycles. The lowest BCUT2D eigenvalue weighted by Gasteiger charge is -2.09. The maximum atomic E-state index is 13.7. The molecule has 5 nitrogen and oxygen atoms in total. The zero-order valence-corrected chi connectivity index (χ0v) is 9.32. The predicted octanol–water partition coefficient (Wildman–Crippen LogP) is 1.50. The van der Waals surface area contributed by atoms with Crippen LogP contribution in [0.3, 0.4) is 0 Å². The fraction of sp³-hybridized carbons (Fsp3) is 0.273. The third-order valence-corrected chi connectivity index (χ3v) is 1.99. The highest BCUT2D eigenvalue weighted by atomic mass is 19.1. The summed E-state index contributed by atoms with van der Waals surface area (Å²) >= 11 is 0. The Labute approximate surface area is 96.8 Å². The topological polar surface area (TPSA) is 72.8 Å². The fourth-order valence-corrected chi connectivity index (χ4v) is 1.23. The summed E-state index contributed by atoms with van der Waals surface area (Å²) in [4.78, 5) is 21.8. The molecule has 0 aromatic heterocycles. The summed E-state index contributed by atoms with van der Waals surface area (Å²) in [6.45, 7) is 1.82. The first kappa shape index (κ1) is 13.0. The molecule has 0 saturated heterocycles. The largest absolute Gasteiger partial charge is 0.497 e. The number of aliphatic carboxylic acids is 1. The standard InChI is InChI=1S/C11H11FO5/c1-3-17-8-5-6(16-2)4-7(9(8)12)10(13)11(14)15/h4-5H,3H2,1-2H3,(H,14,15). The van der Waals surface area contributed by atoms with E-state index in [4.69, 9.17) is 14.6 Å². The van der Waals surface area contributed by atoms with Crippen molar-refractivity contribution >= 4 is 11.8 Å². The molecule has 0 heterocycles. The zero-order valence-electron chi connectivity index (χ0n) is 9.32. The number of methoxy groups -OCH3 is 1. The molecule has 0 aliphatic carbocycles. The first-order valence-corrected chi connectivity index (χ1v) is 4.79. The van der Waals surface area contributed by atoms with Gasteiger partial charge in [0.2, 0.25) is 0 Å². The van der Waals surface area contributed by atoms with E-state index in [1.807, 2.05) is 0 Å². The second-order valence-corrected chi connectivity index (χ2v) is 3.05. The Morgan fingerprint density at radius 1 is 1.41 bits per heavy atom. The summed E-state index contributed by atoms with van der Waals surface area (Å²) in [7, 11) is 1.32. The quantitative estimate of drug-likeness (QED) is 0.625. The lowest BCUT2D eigenvalue weighted by Crippen LogP contribution is -2.15. The number of carbonyl (C=O) groups excluding carboxylic acids is 1. The Kier molecular flexibility index (Phi) is 4.03. The summed E-state index contributed by atoms with van der Waals surface area (Å²) < 4.78 is 23.5. The van der Waals surface area contributed by atoms with Crippen LogP contribution in [-0.2, 0) is 4.79 Å². The van der Waals surface area contributed by atoms with E-state index in [1.54, 1.807) is 6.92 Å². The number of benzene rings is 1. The van der Waals surface area contributed by atoms with E-state index < -0.39 is 23.1 Å². The van der Waals surface area contributed by atoms with E-state index in [0.717, 1.165) is 6.07 Å². The van der Waals surface area contributed by atoms with Crippen molar-refractivity contribution in [3.8, 4) is 11.5 Å². The number of Topliss-reactive ketones (excluding diaryl/α,β-unsaturated/α-hetero) is 1. The molecule has 1 aromatic rings. The van der Waals surface area contributed by atoms with Gasteiger partial charge in [-0.2, -0.15) is 0 Å². The highest BCUT2D eigenvalue weighted by Crippen LogP contribution is 2.27. The molecular formula is C11H11FO5. The van der Waals surface area contributed by atoms with Crippen molar-refractivity contribution in [3.63, 3.8) is 0 Å². The van der Waals surface area contributed by atoms with Gasteiger partial charge in [0.15, 0.2) is 11.6 Å². The summed E-state index contributed by atoms with van der Waals surface area (Å²) in [5.41, 5.74) is -0.583. The van der Waals surface area contributed by atoms with Gasteiger partial charge in [0.25, 0.3) is 5.78 Å². The number of ketones is 1. The average Bonchev–Trinajstić information content (AvgIpc) is 2.31. The molecule has 0 spiro atoms. The first-order chi connectivity index (χ1) is 8.01. The number of carboxylic acid groups (broad SMARTS) is 1. The van der Waals surface area contributed by atoms with E-state index >= 15 is 0 Å². The van der Waals surface area contributed by atoms with Crippen LogP contribution in [0, 0.1) is 5.82 Å². The average molecular weight is 242 g/mol. The van der Waals surface area contributed by atoms with Gasteiger partial charge < -0.3 is 14.6 Å². The van der Waals surface area contributed by atoms with E-state index in [0.29, 0.717) is 0 Å². The normalized spacial score (nSPS) is 9.82. The van der Waals surface area contributed by atoms with Gasteiger partial charge in [-0.1, -0.05) is 0 Å². The molecule has 0 unspecified atom stereocenters. The third kappa shape index (κ3) is 2.72. The Hall–Kier alpha value is -2.11. The van der Waals surface area contributed by atoms with Crippen molar-refractivity contribution in [1.82, 2.24) is 0 Å². The van der Waals surface area contributed by atoms with Gasteiger partial charge in [-0.15, -0.1) is 0 Å². The zero-order chi connectivity index (χ0) is 13.0. The number of hydrogen-bond acceptors (Lipinski definition) is 4. The van der Waals surface area contributed by atoms with Crippen molar-refractivity contribution in [2.45, 2.75) is 6.92 Å². The molecular weight excluding hydrogens is 231 g/mol. The van der Waals surface area contributed by atoms with Crippen LogP contribution in [0.25, 0.3) is 0 Å². The number of halogens is 1. The number of ether oxygens (including phenoxy) is 2. The van der Waals surface area contributed by atoms with Crippen LogP contribution < -0.4 is 9.47 Å². The number of carbonyl (C=O) groups is 2. The van der Waals surface area contributed by atoms with E-state index in [1.165, 1.54) is 13.2 Å². The van der Waals surface area contributed by atoms with Gasteiger partial charge in [0.1, 0.15) is 5.75 Å². The van der Waals surface area contributed by atoms with Gasteiger partial charge in [-0.3, -0.25) is 4.79 Å². The van der Waals surface area contributed by atoms with E-state index in [9.17, 15) is 14.0 Å². The van der Waals surface area contributed by atoms with Crippen molar-refractivity contribution in [1.29, 1.82) is 0 Å². The number of rotatable bonds is 5. The minimum Gasteiger partial charge on any atom is -0.497 e. The first-order valence-electron chi connectivity index (χ1n) is 4.79. The number of hydrogen-bond donors (Lipinski definition) is 1. The second kappa shape index (κ2) is 5.29. The summed E-state index contributed by atoms with van der Waals surface area (Å²) in [6, 6.07) is 2.27. The van der Waals surface area contributed by atoms with E-state index in [-0.39, 0.29) is 18.1 Å². The summed E-state index contributed by atoms with van der Waals surface area (Å²) in [5.74, 6) is -4.14. The fourth-order valence-electron chi connectivity index (χ4n) is 1.23. The number of carboxylic acids is 1. The van der Waals surface area contributed by atoms with Crippen LogP contribution in [0.2, 0.25) is 0 Å². The molecule has 0 atom stereocenters. The predicted molar refractivity (Wildman–Crippen MR) is 56.1 cm³/mol. The molecule has 0 bridgehead atoms. The van der Waals surface area contributed by atoms with Gasteiger partial charge in [0, 0.05) is 6.07 Å². The highest BCUT2D eigenvalue weighted by molar-refractivity contribution is 6.40. The van der Waals surface area contributed by atoms with Crippen molar-refractivity contribution in [2.75, 3.05) is 13.7 Å². The van der Waals surface area contributed by atoms with Crippen molar-refractivity contribution in [2.24, 2.45) is 0 Å². The van der Waals surface area contributed by atoms with Crippen LogP contribution in [-0.4, -0.2) is 30.6 Å². The van der Waals surface area contributed by atoms with Crippen LogP contribution in [0.1, 0.15) is 17.3 Å². The molecule has 1 rings (SSSR count). The summed E-state index contributed by atoms with van der Waals surface area (Å²) in [5, 5.41) is 8.55. The molecule has 1 N–H and O–H groups in total. The second-order valence-electron chi connectivity index (χ2n) is 3.05. The lowest BCUT2D eigenvalue weighted by atomic mass is 10.1. The Morgan fingerprint density at radius 2 is 2.06 bits per heavy atom. The molecule has 0 aliphatic rings. The molecule has 6 heteroatoms. The molecule has 17 heavy (non-hydrogen) atoms. The Balaban J connectivity index is 3.33. The molecule has 0 saturated carbocycles. The van der Waals surface area contributed by atoms with Gasteiger partial charge >= 0.3 is 5.97 Å². The molecule has 0 aliphatic heterocycles. The Morgan fingerprint density at radius 3 is 2.53 bits per heavy atom. The van der Waals surface area contributed by atoms with Crippen LogP contribution in [0.15, 0.2) is 12.1 Å². The minimum atomic E-state index is -1.74. The van der Waals surface area contributed by atoms with Crippen LogP contribution in [0.4, 0.5) is 4.39 Å². The molecule has 92 valence electrons. The summed E-state index contributed by atoms with van der Waals surface area (Å²) in [6.07, 6.45) is 0. The molecule has 0 fully saturated rings. The van der Waals surface area contributed by atoms with Gasteiger partial charge in [0.05, 0.1) is 19.3 Å². The lowest BCUT2D eigenvalue weighted by molar-refractivity contribution is -0.131. The van der Waals surface area contributed by atoms with Gasteiger partial charge in [-0.25, -0.2) is 9.18 Å². The SMILES string of the molecule is CCOc1cc(OC)cc(C(=O)C(=O)O)c1F. The van der Waals surface area contributed by atoms with E-state index in [2.05, 4.69) is 0 Å². The highest BCUT2D eigenvalue weighted by Gasteiger charge is 2.23. The maximum absolute atomic E-state index is 13.7.